The molecule has 0 spiro atoms. The van der Waals surface area contributed by atoms with Crippen molar-refractivity contribution in [1.29, 1.82) is 0 Å². The molecule has 1 heterocycles. The first-order valence-electron chi connectivity index (χ1n) is 6.46. The average molecular weight is 237 g/mol. The molecule has 0 saturated heterocycles. The summed E-state index contributed by atoms with van der Waals surface area (Å²) >= 11 is 0. The van der Waals surface area contributed by atoms with E-state index in [1.54, 1.807) is 4.68 Å². The Bertz CT molecular complexity index is 473. The van der Waals surface area contributed by atoms with E-state index < -0.39 is 6.10 Å². The van der Waals surface area contributed by atoms with Crippen LogP contribution in [0.25, 0.3) is 0 Å². The lowest BCUT2D eigenvalue weighted by atomic mass is 9.93. The van der Waals surface area contributed by atoms with Gasteiger partial charge < -0.3 is 10.8 Å². The molecule has 5 nitrogen and oxygen atoms in total. The van der Waals surface area contributed by atoms with E-state index in [1.807, 2.05) is 0 Å². The minimum absolute atomic E-state index is 0.119. The van der Waals surface area contributed by atoms with E-state index >= 15 is 0 Å². The van der Waals surface area contributed by atoms with Crippen LogP contribution in [0.15, 0.2) is 4.79 Å². The van der Waals surface area contributed by atoms with Gasteiger partial charge in [0.15, 0.2) is 0 Å². The largest absolute Gasteiger partial charge is 0.393 e. The SMILES string of the molecule is Nc1c(C2CC2)[nH]n(C2CCCCC2O)c1=O. The second kappa shape index (κ2) is 3.91. The molecule has 5 heteroatoms. The summed E-state index contributed by atoms with van der Waals surface area (Å²) in [7, 11) is 0. The number of aromatic amines is 1. The van der Waals surface area contributed by atoms with Crippen molar-refractivity contribution in [2.75, 3.05) is 5.73 Å². The van der Waals surface area contributed by atoms with Crippen LogP contribution in [0.2, 0.25) is 0 Å². The number of hydrogen-bond acceptors (Lipinski definition) is 3. The Morgan fingerprint density at radius 2 is 1.94 bits per heavy atom. The highest BCUT2D eigenvalue weighted by atomic mass is 16.3. The molecule has 1 aromatic heterocycles. The summed E-state index contributed by atoms with van der Waals surface area (Å²) in [5.41, 5.74) is 6.93. The first kappa shape index (κ1) is 10.9. The van der Waals surface area contributed by atoms with Gasteiger partial charge in [-0.25, -0.2) is 4.68 Å². The molecule has 0 amide bonds. The van der Waals surface area contributed by atoms with Gasteiger partial charge in [-0.3, -0.25) is 9.89 Å². The molecule has 0 aromatic carbocycles. The fraction of sp³-hybridized carbons (Fsp3) is 0.750. The normalized spacial score (nSPS) is 29.5. The molecule has 3 rings (SSSR count). The molecule has 2 aliphatic rings. The molecule has 2 aliphatic carbocycles. The summed E-state index contributed by atoms with van der Waals surface area (Å²) in [4.78, 5) is 12.1. The van der Waals surface area contributed by atoms with Gasteiger partial charge in [0, 0.05) is 5.92 Å². The molecular formula is C12H19N3O2. The maximum atomic E-state index is 12.1. The molecule has 1 aromatic rings. The van der Waals surface area contributed by atoms with E-state index in [9.17, 15) is 9.90 Å². The highest BCUT2D eigenvalue weighted by Crippen LogP contribution is 2.41. The number of aromatic nitrogens is 2. The average Bonchev–Trinajstić information content (AvgIpc) is 3.11. The topological polar surface area (TPSA) is 84.0 Å². The second-order valence-electron chi connectivity index (χ2n) is 5.31. The van der Waals surface area contributed by atoms with E-state index in [4.69, 9.17) is 5.73 Å². The Kier molecular flexibility index (Phi) is 2.50. The summed E-state index contributed by atoms with van der Waals surface area (Å²) in [6.45, 7) is 0. The van der Waals surface area contributed by atoms with Crippen LogP contribution in [0, 0.1) is 0 Å². The lowest BCUT2D eigenvalue weighted by molar-refractivity contribution is 0.0677. The van der Waals surface area contributed by atoms with Crippen LogP contribution in [0.5, 0.6) is 0 Å². The molecular weight excluding hydrogens is 218 g/mol. The van der Waals surface area contributed by atoms with E-state index in [0.717, 1.165) is 44.2 Å². The third-order valence-electron chi connectivity index (χ3n) is 3.99. The van der Waals surface area contributed by atoms with Gasteiger partial charge in [-0.15, -0.1) is 0 Å². The molecule has 2 saturated carbocycles. The number of H-pyrrole nitrogens is 1. The van der Waals surface area contributed by atoms with Gasteiger partial charge >= 0.3 is 0 Å². The predicted molar refractivity (Wildman–Crippen MR) is 65.0 cm³/mol. The lowest BCUT2D eigenvalue weighted by Crippen LogP contribution is -2.34. The van der Waals surface area contributed by atoms with Crippen molar-refractivity contribution < 1.29 is 5.11 Å². The number of nitrogens with two attached hydrogens (primary N) is 1. The van der Waals surface area contributed by atoms with Gasteiger partial charge in [-0.1, -0.05) is 12.8 Å². The van der Waals surface area contributed by atoms with Crippen molar-refractivity contribution in [3.8, 4) is 0 Å². The molecule has 2 atom stereocenters. The molecule has 4 N–H and O–H groups in total. The van der Waals surface area contributed by atoms with Crippen LogP contribution in [-0.2, 0) is 0 Å². The zero-order valence-electron chi connectivity index (χ0n) is 9.85. The standard InChI is InChI=1S/C12H19N3O2/c13-10-11(7-5-6-7)14-15(12(10)17)8-3-1-2-4-9(8)16/h7-9,14,16H,1-6,13H2. The molecule has 0 radical (unpaired) electrons. The van der Waals surface area contributed by atoms with Crippen LogP contribution in [-0.4, -0.2) is 21.0 Å². The molecule has 0 aliphatic heterocycles. The van der Waals surface area contributed by atoms with Crippen LogP contribution in [0.4, 0.5) is 5.69 Å². The van der Waals surface area contributed by atoms with Gasteiger partial charge in [-0.2, -0.15) is 0 Å². The van der Waals surface area contributed by atoms with Crippen LogP contribution < -0.4 is 11.3 Å². The van der Waals surface area contributed by atoms with E-state index in [1.165, 1.54) is 0 Å². The van der Waals surface area contributed by atoms with E-state index in [2.05, 4.69) is 5.10 Å². The molecule has 94 valence electrons. The Hall–Kier alpha value is -1.23. The summed E-state index contributed by atoms with van der Waals surface area (Å²) in [5, 5.41) is 13.1. The van der Waals surface area contributed by atoms with Gasteiger partial charge in [0.05, 0.1) is 17.8 Å². The fourth-order valence-corrected chi connectivity index (χ4v) is 2.80. The minimum atomic E-state index is -0.424. The van der Waals surface area contributed by atoms with Crippen LogP contribution in [0.1, 0.15) is 56.2 Å². The third kappa shape index (κ3) is 1.78. The molecule has 0 bridgehead atoms. The van der Waals surface area contributed by atoms with Crippen LogP contribution >= 0.6 is 0 Å². The van der Waals surface area contributed by atoms with Crippen molar-refractivity contribution >= 4 is 5.69 Å². The Labute approximate surface area is 99.6 Å². The number of aliphatic hydroxyl groups excluding tert-OH is 1. The Morgan fingerprint density at radius 1 is 1.24 bits per heavy atom. The van der Waals surface area contributed by atoms with Crippen LogP contribution in [0.3, 0.4) is 0 Å². The number of aliphatic hydroxyl groups is 1. The summed E-state index contributed by atoms with van der Waals surface area (Å²) in [6.07, 6.45) is 5.52. The Morgan fingerprint density at radius 3 is 2.59 bits per heavy atom. The predicted octanol–water partition coefficient (Wildman–Crippen LogP) is 1.11. The second-order valence-corrected chi connectivity index (χ2v) is 5.31. The monoisotopic (exact) mass is 237 g/mol. The third-order valence-corrected chi connectivity index (χ3v) is 3.99. The zero-order valence-corrected chi connectivity index (χ0v) is 9.85. The van der Waals surface area contributed by atoms with E-state index in [0.29, 0.717) is 11.6 Å². The lowest BCUT2D eigenvalue weighted by Gasteiger charge is -2.27. The minimum Gasteiger partial charge on any atom is -0.393 e. The van der Waals surface area contributed by atoms with Gasteiger partial charge in [0.25, 0.3) is 5.56 Å². The van der Waals surface area contributed by atoms with Crippen molar-refractivity contribution in [3.63, 3.8) is 0 Å². The van der Waals surface area contributed by atoms with Crippen molar-refractivity contribution in [2.45, 2.75) is 56.6 Å². The number of nitrogen functional groups attached to an aromatic ring is 1. The maximum Gasteiger partial charge on any atom is 0.290 e. The first-order chi connectivity index (χ1) is 8.18. The smallest absolute Gasteiger partial charge is 0.290 e. The number of anilines is 1. The van der Waals surface area contributed by atoms with Crippen molar-refractivity contribution in [3.05, 3.63) is 16.0 Å². The first-order valence-corrected chi connectivity index (χ1v) is 6.46. The fourth-order valence-electron chi connectivity index (χ4n) is 2.80. The summed E-state index contributed by atoms with van der Waals surface area (Å²) < 4.78 is 1.56. The number of nitrogens with zero attached hydrogens (tertiary/aromatic N) is 1. The molecule has 2 fully saturated rings. The number of hydrogen-bond donors (Lipinski definition) is 3. The van der Waals surface area contributed by atoms with E-state index in [-0.39, 0.29) is 11.6 Å². The highest BCUT2D eigenvalue weighted by Gasteiger charge is 2.32. The van der Waals surface area contributed by atoms with Gasteiger partial charge in [0.2, 0.25) is 0 Å². The number of nitrogens with one attached hydrogen (secondary N) is 1. The highest BCUT2D eigenvalue weighted by molar-refractivity contribution is 5.44. The summed E-state index contributed by atoms with van der Waals surface area (Å²) in [6, 6.07) is -0.119. The van der Waals surface area contributed by atoms with Gasteiger partial charge in [0.1, 0.15) is 5.69 Å². The maximum absolute atomic E-state index is 12.1. The quantitative estimate of drug-likeness (QED) is 0.720. The number of rotatable bonds is 2. The molecule has 2 unspecified atom stereocenters. The zero-order chi connectivity index (χ0) is 12.0. The molecule has 17 heavy (non-hydrogen) atoms. The summed E-state index contributed by atoms with van der Waals surface area (Å²) in [5.74, 6) is 0.435. The van der Waals surface area contributed by atoms with Gasteiger partial charge in [-0.05, 0) is 25.7 Å². The van der Waals surface area contributed by atoms with Crippen molar-refractivity contribution in [1.82, 2.24) is 9.78 Å². The van der Waals surface area contributed by atoms with Crippen molar-refractivity contribution in [2.24, 2.45) is 0 Å². The Balaban J connectivity index is 1.96.